The van der Waals surface area contributed by atoms with Gasteiger partial charge < -0.3 is 5.32 Å². The van der Waals surface area contributed by atoms with Crippen LogP contribution in [0.4, 0.5) is 13.2 Å². The van der Waals surface area contributed by atoms with Gasteiger partial charge >= 0.3 is 6.18 Å². The van der Waals surface area contributed by atoms with E-state index in [0.717, 1.165) is 51.5 Å². The summed E-state index contributed by atoms with van der Waals surface area (Å²) in [5, 5.41) is 3.74. The van der Waals surface area contributed by atoms with Crippen molar-refractivity contribution >= 4 is 24.0 Å². The highest BCUT2D eigenvalue weighted by Gasteiger charge is 2.37. The van der Waals surface area contributed by atoms with Gasteiger partial charge in [0.05, 0.1) is 5.56 Å². The summed E-state index contributed by atoms with van der Waals surface area (Å²) in [6.45, 7) is 3.46. The summed E-state index contributed by atoms with van der Waals surface area (Å²) in [5.74, 6) is 0.416. The largest absolute Gasteiger partial charge is 0.416 e. The van der Waals surface area contributed by atoms with Crippen LogP contribution in [0.2, 0.25) is 5.02 Å². The van der Waals surface area contributed by atoms with E-state index in [4.69, 9.17) is 11.6 Å². The van der Waals surface area contributed by atoms with Gasteiger partial charge in [-0.15, -0.1) is 12.4 Å². The summed E-state index contributed by atoms with van der Waals surface area (Å²) in [6.07, 6.45) is -1.03. The highest BCUT2D eigenvalue weighted by atomic mass is 35.5. The van der Waals surface area contributed by atoms with Crippen LogP contribution in [0.3, 0.4) is 0 Å². The zero-order valence-electron chi connectivity index (χ0n) is 12.7. The Morgan fingerprint density at radius 3 is 2.35 bits per heavy atom. The number of nitrogens with one attached hydrogen (secondary N) is 1. The van der Waals surface area contributed by atoms with Crippen molar-refractivity contribution in [2.24, 2.45) is 5.92 Å². The molecule has 3 rings (SSSR count). The zero-order valence-corrected chi connectivity index (χ0v) is 14.3. The maximum Gasteiger partial charge on any atom is 0.416 e. The fourth-order valence-corrected chi connectivity index (χ4v) is 3.64. The van der Waals surface area contributed by atoms with Crippen LogP contribution in [-0.2, 0) is 6.18 Å². The Labute approximate surface area is 145 Å². The first-order chi connectivity index (χ1) is 10.5. The van der Waals surface area contributed by atoms with Crippen LogP contribution < -0.4 is 5.32 Å². The van der Waals surface area contributed by atoms with Gasteiger partial charge in [0, 0.05) is 37.2 Å². The van der Waals surface area contributed by atoms with Gasteiger partial charge in [0.15, 0.2) is 0 Å². The highest BCUT2D eigenvalue weighted by Crippen LogP contribution is 2.44. The Morgan fingerprint density at radius 1 is 1.17 bits per heavy atom. The molecule has 1 atom stereocenters. The maximum atomic E-state index is 13.0. The summed E-state index contributed by atoms with van der Waals surface area (Å²) in [4.78, 5) is 2.29. The van der Waals surface area contributed by atoms with Crippen molar-refractivity contribution in [1.82, 2.24) is 10.2 Å². The highest BCUT2D eigenvalue weighted by molar-refractivity contribution is 6.31. The minimum Gasteiger partial charge on any atom is -0.314 e. The minimum absolute atomic E-state index is 0. The third-order valence-electron chi connectivity index (χ3n) is 4.78. The van der Waals surface area contributed by atoms with Crippen LogP contribution >= 0.6 is 24.0 Å². The van der Waals surface area contributed by atoms with Gasteiger partial charge in [-0.3, -0.25) is 4.90 Å². The molecule has 1 aromatic rings. The molecule has 130 valence electrons. The molecule has 0 aromatic heterocycles. The van der Waals surface area contributed by atoms with Crippen LogP contribution in [-0.4, -0.2) is 31.1 Å². The van der Waals surface area contributed by atoms with Crippen molar-refractivity contribution in [3.63, 3.8) is 0 Å². The third kappa shape index (κ3) is 4.13. The Balaban J connectivity index is 0.00000192. The standard InChI is InChI=1S/C16H20ClF3N2.ClH/c17-14-5-4-12(16(18,19)20)10-13(14)15(11-2-1-3-11)22-8-6-21-7-9-22;/h4-5,10-11,15,21H,1-3,6-9H2;1H/t15-;/m0./s1. The van der Waals surface area contributed by atoms with E-state index < -0.39 is 11.7 Å². The lowest BCUT2D eigenvalue weighted by molar-refractivity contribution is -0.137. The van der Waals surface area contributed by atoms with Gasteiger partial charge in [0.1, 0.15) is 0 Å². The van der Waals surface area contributed by atoms with Gasteiger partial charge in [-0.25, -0.2) is 0 Å². The fraction of sp³-hybridized carbons (Fsp3) is 0.625. The predicted molar refractivity (Wildman–Crippen MR) is 88.2 cm³/mol. The molecule has 1 aliphatic heterocycles. The third-order valence-corrected chi connectivity index (χ3v) is 5.13. The molecule has 1 N–H and O–H groups in total. The lowest BCUT2D eigenvalue weighted by atomic mass is 9.76. The number of hydrogen-bond acceptors (Lipinski definition) is 2. The normalized spacial score (nSPS) is 21.4. The fourth-order valence-electron chi connectivity index (χ4n) is 3.41. The van der Waals surface area contributed by atoms with Gasteiger partial charge in [-0.1, -0.05) is 18.0 Å². The van der Waals surface area contributed by atoms with Crippen molar-refractivity contribution in [2.45, 2.75) is 31.5 Å². The van der Waals surface area contributed by atoms with Crippen LogP contribution in [0, 0.1) is 5.92 Å². The van der Waals surface area contributed by atoms with Crippen molar-refractivity contribution in [3.8, 4) is 0 Å². The minimum atomic E-state index is -4.33. The van der Waals surface area contributed by atoms with Crippen molar-refractivity contribution < 1.29 is 13.2 Å². The number of alkyl halides is 3. The van der Waals surface area contributed by atoms with E-state index in [9.17, 15) is 13.2 Å². The molecule has 1 saturated heterocycles. The van der Waals surface area contributed by atoms with Gasteiger partial charge in [-0.2, -0.15) is 13.2 Å². The molecule has 2 fully saturated rings. The molecular formula is C16H21Cl2F3N2. The molecule has 1 saturated carbocycles. The zero-order chi connectivity index (χ0) is 15.7. The second kappa shape index (κ2) is 7.60. The topological polar surface area (TPSA) is 15.3 Å². The van der Waals surface area contributed by atoms with E-state index in [2.05, 4.69) is 10.2 Å². The molecular weight excluding hydrogens is 348 g/mol. The molecule has 23 heavy (non-hydrogen) atoms. The van der Waals surface area contributed by atoms with Crippen molar-refractivity contribution in [3.05, 3.63) is 34.3 Å². The summed E-state index contributed by atoms with van der Waals surface area (Å²) >= 11 is 6.28. The monoisotopic (exact) mass is 368 g/mol. The summed E-state index contributed by atoms with van der Waals surface area (Å²) in [6, 6.07) is 3.73. The van der Waals surface area contributed by atoms with Crippen molar-refractivity contribution in [2.75, 3.05) is 26.2 Å². The maximum absolute atomic E-state index is 13.0. The number of benzene rings is 1. The molecule has 0 spiro atoms. The summed E-state index contributed by atoms with van der Waals surface area (Å²) in [5.41, 5.74) is 0.0365. The predicted octanol–water partition coefficient (Wildman–Crippen LogP) is 4.53. The smallest absolute Gasteiger partial charge is 0.314 e. The van der Waals surface area contributed by atoms with Crippen molar-refractivity contribution in [1.29, 1.82) is 0 Å². The SMILES string of the molecule is Cl.FC(F)(F)c1ccc(Cl)c([C@H](C2CCC2)N2CCNCC2)c1. The molecule has 2 aliphatic rings. The van der Waals surface area contributed by atoms with Gasteiger partial charge in [0.2, 0.25) is 0 Å². The van der Waals surface area contributed by atoms with Gasteiger partial charge in [0.25, 0.3) is 0 Å². The van der Waals surface area contributed by atoms with E-state index in [-0.39, 0.29) is 18.4 Å². The molecule has 0 unspecified atom stereocenters. The lowest BCUT2D eigenvalue weighted by Gasteiger charge is -2.43. The second-order valence-electron chi connectivity index (χ2n) is 6.16. The van der Waals surface area contributed by atoms with E-state index in [1.165, 1.54) is 12.1 Å². The van der Waals surface area contributed by atoms with E-state index in [1.54, 1.807) is 0 Å². The van der Waals surface area contributed by atoms with Crippen LogP contribution in [0.15, 0.2) is 18.2 Å². The Bertz CT molecular complexity index is 527. The van der Waals surface area contributed by atoms with Gasteiger partial charge in [-0.05, 0) is 42.5 Å². The molecule has 7 heteroatoms. The van der Waals surface area contributed by atoms with E-state index in [0.29, 0.717) is 16.5 Å². The Morgan fingerprint density at radius 2 is 1.83 bits per heavy atom. The number of hydrogen-bond donors (Lipinski definition) is 1. The quantitative estimate of drug-likeness (QED) is 0.843. The molecule has 0 bridgehead atoms. The van der Waals surface area contributed by atoms with Crippen LogP contribution in [0.25, 0.3) is 0 Å². The number of piperazine rings is 1. The summed E-state index contributed by atoms with van der Waals surface area (Å²) < 4.78 is 39.1. The van der Waals surface area contributed by atoms with Crippen LogP contribution in [0.5, 0.6) is 0 Å². The first-order valence-corrected chi connectivity index (χ1v) is 8.16. The Hall–Kier alpha value is -0.490. The first kappa shape index (κ1) is 18.8. The molecule has 0 radical (unpaired) electrons. The number of nitrogens with zero attached hydrogens (tertiary/aromatic N) is 1. The number of halogens is 5. The average Bonchev–Trinajstić information content (AvgIpc) is 2.43. The summed E-state index contributed by atoms with van der Waals surface area (Å²) in [7, 11) is 0. The van der Waals surface area contributed by atoms with E-state index in [1.807, 2.05) is 0 Å². The lowest BCUT2D eigenvalue weighted by Crippen LogP contribution is -2.48. The molecule has 1 aliphatic carbocycles. The second-order valence-corrected chi connectivity index (χ2v) is 6.56. The average molecular weight is 369 g/mol. The van der Waals surface area contributed by atoms with E-state index >= 15 is 0 Å². The molecule has 1 aromatic carbocycles. The first-order valence-electron chi connectivity index (χ1n) is 7.78. The molecule has 2 nitrogen and oxygen atoms in total. The molecule has 1 heterocycles. The van der Waals surface area contributed by atoms with Crippen LogP contribution in [0.1, 0.15) is 36.4 Å². The molecule has 0 amide bonds. The Kier molecular flexibility index (Phi) is 6.22. The number of rotatable bonds is 3.